The lowest BCUT2D eigenvalue weighted by molar-refractivity contribution is 0.211. The first-order valence-electron chi connectivity index (χ1n) is 7.69. The molecule has 3 nitrogen and oxygen atoms in total. The maximum Gasteiger partial charge on any atom is 0.128 e. The summed E-state index contributed by atoms with van der Waals surface area (Å²) in [7, 11) is 2.19. The van der Waals surface area contributed by atoms with Crippen molar-refractivity contribution in [2.75, 3.05) is 26.7 Å². The van der Waals surface area contributed by atoms with Gasteiger partial charge in [-0.25, -0.2) is 8.78 Å². The van der Waals surface area contributed by atoms with E-state index in [9.17, 15) is 8.78 Å². The summed E-state index contributed by atoms with van der Waals surface area (Å²) in [5, 5.41) is 0. The Morgan fingerprint density at radius 2 is 2.00 bits per heavy atom. The SMILES string of the molecule is CN1C2CCC1CN(CC(N)c1cc(F)ccc1F)CC2. The number of hydrogen-bond acceptors (Lipinski definition) is 3. The summed E-state index contributed by atoms with van der Waals surface area (Å²) in [6, 6.07) is 4.26. The summed E-state index contributed by atoms with van der Waals surface area (Å²) in [5.41, 5.74) is 6.39. The molecule has 0 aromatic heterocycles. The fourth-order valence-electron chi connectivity index (χ4n) is 3.72. The molecule has 2 N–H and O–H groups in total. The highest BCUT2D eigenvalue weighted by molar-refractivity contribution is 5.22. The fraction of sp³-hybridized carbons (Fsp3) is 0.625. The van der Waals surface area contributed by atoms with Gasteiger partial charge in [-0.2, -0.15) is 0 Å². The largest absolute Gasteiger partial charge is 0.323 e. The van der Waals surface area contributed by atoms with Gasteiger partial charge in [0.15, 0.2) is 0 Å². The van der Waals surface area contributed by atoms with Crippen molar-refractivity contribution in [2.45, 2.75) is 37.4 Å². The van der Waals surface area contributed by atoms with Crippen LogP contribution in [0.2, 0.25) is 0 Å². The first-order valence-corrected chi connectivity index (χ1v) is 7.69. The number of halogens is 2. The number of nitrogens with zero attached hydrogens (tertiary/aromatic N) is 2. The van der Waals surface area contributed by atoms with E-state index in [1.54, 1.807) is 0 Å². The number of rotatable bonds is 3. The molecule has 2 saturated heterocycles. The highest BCUT2D eigenvalue weighted by Gasteiger charge is 2.35. The molecule has 0 amide bonds. The van der Waals surface area contributed by atoms with Crippen LogP contribution in [0.3, 0.4) is 0 Å². The van der Waals surface area contributed by atoms with Crippen LogP contribution in [0.25, 0.3) is 0 Å². The Morgan fingerprint density at radius 3 is 2.81 bits per heavy atom. The second-order valence-electron chi connectivity index (χ2n) is 6.37. The maximum absolute atomic E-state index is 13.8. The van der Waals surface area contributed by atoms with Crippen molar-refractivity contribution in [2.24, 2.45) is 5.73 Å². The number of fused-ring (bicyclic) bond motifs is 2. The second-order valence-corrected chi connectivity index (χ2v) is 6.37. The predicted octanol–water partition coefficient (Wildman–Crippen LogP) is 2.13. The zero-order valence-corrected chi connectivity index (χ0v) is 12.4. The molecule has 0 aliphatic carbocycles. The number of nitrogens with two attached hydrogens (primary N) is 1. The standard InChI is InChI=1S/C16H23F2N3/c1-20-12-3-4-13(20)9-21(7-6-12)10-16(19)14-8-11(17)2-5-15(14)18/h2,5,8,12-13,16H,3-4,6-7,9-10,19H2,1H3. The minimum Gasteiger partial charge on any atom is -0.323 e. The lowest BCUT2D eigenvalue weighted by Crippen LogP contribution is -2.39. The third-order valence-corrected chi connectivity index (χ3v) is 5.04. The number of hydrogen-bond donors (Lipinski definition) is 1. The molecule has 5 heteroatoms. The van der Waals surface area contributed by atoms with E-state index in [1.807, 2.05) is 0 Å². The van der Waals surface area contributed by atoms with E-state index in [0.29, 0.717) is 18.6 Å². The van der Waals surface area contributed by atoms with Gasteiger partial charge in [-0.15, -0.1) is 0 Å². The third-order valence-electron chi connectivity index (χ3n) is 5.04. The molecule has 0 radical (unpaired) electrons. The molecule has 1 aromatic carbocycles. The van der Waals surface area contributed by atoms with Gasteiger partial charge in [-0.1, -0.05) is 0 Å². The van der Waals surface area contributed by atoms with Crippen LogP contribution in [-0.2, 0) is 0 Å². The van der Waals surface area contributed by atoms with Gasteiger partial charge in [0.2, 0.25) is 0 Å². The maximum atomic E-state index is 13.8. The smallest absolute Gasteiger partial charge is 0.128 e. The summed E-state index contributed by atoms with van der Waals surface area (Å²) in [5.74, 6) is -0.853. The summed E-state index contributed by atoms with van der Waals surface area (Å²) < 4.78 is 27.1. The third kappa shape index (κ3) is 3.10. The molecular formula is C16H23F2N3. The average molecular weight is 295 g/mol. The van der Waals surface area contributed by atoms with Crippen LogP contribution in [0.1, 0.15) is 30.9 Å². The molecule has 2 fully saturated rings. The van der Waals surface area contributed by atoms with Gasteiger partial charge < -0.3 is 5.73 Å². The number of likely N-dealkylation sites (N-methyl/N-ethyl adjacent to an activating group) is 1. The Morgan fingerprint density at radius 1 is 1.24 bits per heavy atom. The molecule has 2 aliphatic heterocycles. The first kappa shape index (κ1) is 14.9. The molecule has 2 heterocycles. The van der Waals surface area contributed by atoms with Crippen molar-refractivity contribution in [3.05, 3.63) is 35.4 Å². The fourth-order valence-corrected chi connectivity index (χ4v) is 3.72. The van der Waals surface area contributed by atoms with E-state index in [-0.39, 0.29) is 5.56 Å². The van der Waals surface area contributed by atoms with E-state index >= 15 is 0 Å². The van der Waals surface area contributed by atoms with Gasteiger partial charge in [0.05, 0.1) is 0 Å². The van der Waals surface area contributed by atoms with Crippen molar-refractivity contribution >= 4 is 0 Å². The molecule has 2 bridgehead atoms. The summed E-state index contributed by atoms with van der Waals surface area (Å²) in [4.78, 5) is 4.77. The van der Waals surface area contributed by atoms with Crippen molar-refractivity contribution in [1.29, 1.82) is 0 Å². The van der Waals surface area contributed by atoms with E-state index < -0.39 is 17.7 Å². The molecule has 3 rings (SSSR count). The van der Waals surface area contributed by atoms with Gasteiger partial charge in [-0.05, 0) is 51.1 Å². The van der Waals surface area contributed by atoms with E-state index in [0.717, 1.165) is 31.6 Å². The number of benzene rings is 1. The number of likely N-dealkylation sites (tertiary alicyclic amines) is 1. The quantitative estimate of drug-likeness (QED) is 0.927. The molecule has 116 valence electrons. The summed E-state index contributed by atoms with van der Waals surface area (Å²) >= 11 is 0. The van der Waals surface area contributed by atoms with Crippen LogP contribution in [0.15, 0.2) is 18.2 Å². The van der Waals surface area contributed by atoms with Gasteiger partial charge >= 0.3 is 0 Å². The summed E-state index contributed by atoms with van der Waals surface area (Å²) in [6.45, 7) is 2.53. The van der Waals surface area contributed by atoms with Crippen molar-refractivity contribution in [3.8, 4) is 0 Å². The molecule has 1 aromatic rings. The molecule has 21 heavy (non-hydrogen) atoms. The van der Waals surface area contributed by atoms with Crippen LogP contribution in [0, 0.1) is 11.6 Å². The first-order chi connectivity index (χ1) is 10.0. The van der Waals surface area contributed by atoms with Crippen LogP contribution < -0.4 is 5.73 Å². The molecule has 0 spiro atoms. The minimum absolute atomic E-state index is 0.276. The Labute approximate surface area is 124 Å². The van der Waals surface area contributed by atoms with Crippen molar-refractivity contribution in [3.63, 3.8) is 0 Å². The Kier molecular flexibility index (Phi) is 4.24. The Bertz CT molecular complexity index is 508. The highest BCUT2D eigenvalue weighted by atomic mass is 19.1. The zero-order valence-electron chi connectivity index (χ0n) is 12.4. The summed E-state index contributed by atoms with van der Waals surface area (Å²) in [6.07, 6.45) is 3.63. The van der Waals surface area contributed by atoms with E-state index in [2.05, 4.69) is 16.8 Å². The van der Waals surface area contributed by atoms with Gasteiger partial charge in [0, 0.05) is 36.8 Å². The van der Waals surface area contributed by atoms with Crippen LogP contribution >= 0.6 is 0 Å². The topological polar surface area (TPSA) is 32.5 Å². The van der Waals surface area contributed by atoms with Crippen molar-refractivity contribution < 1.29 is 8.78 Å². The van der Waals surface area contributed by atoms with E-state index in [4.69, 9.17) is 5.73 Å². The average Bonchev–Trinajstić information content (AvgIpc) is 2.69. The molecule has 3 unspecified atom stereocenters. The monoisotopic (exact) mass is 295 g/mol. The van der Waals surface area contributed by atoms with Gasteiger partial charge in [0.25, 0.3) is 0 Å². The molecule has 2 aliphatic rings. The molecule has 3 atom stereocenters. The zero-order chi connectivity index (χ0) is 15.0. The Balaban J connectivity index is 1.67. The lowest BCUT2D eigenvalue weighted by atomic mass is 10.0. The molecule has 0 saturated carbocycles. The highest BCUT2D eigenvalue weighted by Crippen LogP contribution is 2.29. The van der Waals surface area contributed by atoms with Gasteiger partial charge in [0.1, 0.15) is 11.6 Å². The normalized spacial score (nSPS) is 28.6. The molecular weight excluding hydrogens is 272 g/mol. The van der Waals surface area contributed by atoms with Crippen LogP contribution in [-0.4, -0.2) is 48.6 Å². The van der Waals surface area contributed by atoms with E-state index in [1.165, 1.54) is 18.9 Å². The second kappa shape index (κ2) is 5.99. The van der Waals surface area contributed by atoms with Gasteiger partial charge in [-0.3, -0.25) is 9.80 Å². The Hall–Kier alpha value is -1.04. The van der Waals surface area contributed by atoms with Crippen LogP contribution in [0.5, 0.6) is 0 Å². The van der Waals surface area contributed by atoms with Crippen LogP contribution in [0.4, 0.5) is 8.78 Å². The predicted molar refractivity (Wildman–Crippen MR) is 78.9 cm³/mol. The lowest BCUT2D eigenvalue weighted by Gasteiger charge is -2.28. The van der Waals surface area contributed by atoms with Crippen molar-refractivity contribution in [1.82, 2.24) is 9.80 Å². The minimum atomic E-state index is -0.484.